The van der Waals surface area contributed by atoms with E-state index in [1.165, 1.54) is 16.2 Å². The van der Waals surface area contributed by atoms with Crippen LogP contribution in [0.2, 0.25) is 0 Å². The molecule has 28 heavy (non-hydrogen) atoms. The Bertz CT molecular complexity index is 1460. The molecule has 3 nitrogen and oxygen atoms in total. The number of aromatic nitrogens is 2. The lowest BCUT2D eigenvalue weighted by Gasteiger charge is -2.05. The van der Waals surface area contributed by atoms with Crippen molar-refractivity contribution in [3.63, 3.8) is 0 Å². The maximum absolute atomic E-state index is 9.69. The predicted octanol–water partition coefficient (Wildman–Crippen LogP) is 6.40. The van der Waals surface area contributed by atoms with Crippen molar-refractivity contribution < 1.29 is 5.11 Å². The minimum atomic E-state index is 0.280. The van der Waals surface area contributed by atoms with Crippen LogP contribution in [-0.2, 0) is 0 Å². The van der Waals surface area contributed by atoms with Gasteiger partial charge in [-0.3, -0.25) is 0 Å². The standard InChI is InChI=1S/C25H16N2O/c28-18-12-11-15-13-17(10-9-16(15)14-18)25-26-23-21-7-3-1-5-19(21)20-6-2-4-8-22(20)24(23)27-25/h1-14,28H,(H,26,27). The molecule has 6 rings (SSSR count). The number of aromatic hydroxyl groups is 1. The number of H-pyrrole nitrogens is 1. The van der Waals surface area contributed by atoms with Crippen molar-refractivity contribution in [2.24, 2.45) is 0 Å². The Morgan fingerprint density at radius 1 is 0.643 bits per heavy atom. The first kappa shape index (κ1) is 15.2. The molecule has 5 aromatic carbocycles. The summed E-state index contributed by atoms with van der Waals surface area (Å²) in [5.41, 5.74) is 3.09. The van der Waals surface area contributed by atoms with Gasteiger partial charge in [-0.05, 0) is 39.7 Å². The average Bonchev–Trinajstić information content (AvgIpc) is 3.19. The van der Waals surface area contributed by atoms with Gasteiger partial charge in [0.15, 0.2) is 0 Å². The lowest BCUT2D eigenvalue weighted by atomic mass is 10.0. The number of hydrogen-bond donors (Lipinski definition) is 2. The van der Waals surface area contributed by atoms with Crippen LogP contribution >= 0.6 is 0 Å². The highest BCUT2D eigenvalue weighted by atomic mass is 16.3. The molecule has 6 aromatic rings. The van der Waals surface area contributed by atoms with Crippen LogP contribution in [0, 0.1) is 0 Å². The second-order valence-electron chi connectivity index (χ2n) is 7.15. The van der Waals surface area contributed by atoms with Crippen LogP contribution in [0.15, 0.2) is 84.9 Å². The minimum Gasteiger partial charge on any atom is -0.508 e. The molecule has 0 aliphatic rings. The highest BCUT2D eigenvalue weighted by Gasteiger charge is 2.13. The number of nitrogens with one attached hydrogen (secondary N) is 1. The van der Waals surface area contributed by atoms with E-state index >= 15 is 0 Å². The lowest BCUT2D eigenvalue weighted by molar-refractivity contribution is 0.476. The first-order valence-electron chi connectivity index (χ1n) is 9.30. The summed E-state index contributed by atoms with van der Waals surface area (Å²) in [4.78, 5) is 8.54. The summed E-state index contributed by atoms with van der Waals surface area (Å²) in [6.07, 6.45) is 0. The molecule has 0 fully saturated rings. The van der Waals surface area contributed by atoms with Crippen LogP contribution in [0.5, 0.6) is 5.75 Å². The van der Waals surface area contributed by atoms with Crippen LogP contribution < -0.4 is 0 Å². The van der Waals surface area contributed by atoms with Crippen LogP contribution in [0.25, 0.3) is 54.7 Å². The highest BCUT2D eigenvalue weighted by Crippen LogP contribution is 2.35. The molecule has 2 N–H and O–H groups in total. The van der Waals surface area contributed by atoms with Gasteiger partial charge in [0, 0.05) is 16.3 Å². The third kappa shape index (κ3) is 2.13. The predicted molar refractivity (Wildman–Crippen MR) is 116 cm³/mol. The summed E-state index contributed by atoms with van der Waals surface area (Å²) in [6, 6.07) is 28.5. The Balaban J connectivity index is 1.68. The van der Waals surface area contributed by atoms with Crippen LogP contribution in [-0.4, -0.2) is 15.1 Å². The van der Waals surface area contributed by atoms with Gasteiger partial charge in [0.2, 0.25) is 0 Å². The SMILES string of the molecule is Oc1ccc2cc(-c3nc4c5ccccc5c5ccccc5c4[nH]3)ccc2c1. The van der Waals surface area contributed by atoms with Crippen molar-refractivity contribution in [2.75, 3.05) is 0 Å². The monoisotopic (exact) mass is 360 g/mol. The van der Waals surface area contributed by atoms with E-state index in [9.17, 15) is 5.11 Å². The molecule has 0 atom stereocenters. The zero-order chi connectivity index (χ0) is 18.7. The Kier molecular flexibility index (Phi) is 3.03. The Morgan fingerprint density at radius 3 is 2.11 bits per heavy atom. The van der Waals surface area contributed by atoms with E-state index in [0.29, 0.717) is 0 Å². The third-order valence-electron chi connectivity index (χ3n) is 5.47. The number of aromatic amines is 1. The molecule has 132 valence electrons. The lowest BCUT2D eigenvalue weighted by Crippen LogP contribution is -1.81. The van der Waals surface area contributed by atoms with Crippen molar-refractivity contribution in [1.29, 1.82) is 0 Å². The molecule has 0 bridgehead atoms. The van der Waals surface area contributed by atoms with Gasteiger partial charge in [0.1, 0.15) is 11.6 Å². The zero-order valence-electron chi connectivity index (χ0n) is 15.0. The van der Waals surface area contributed by atoms with Crippen LogP contribution in [0.1, 0.15) is 0 Å². The second kappa shape index (κ2) is 5.57. The first-order valence-corrected chi connectivity index (χ1v) is 9.30. The van der Waals surface area contributed by atoms with E-state index in [2.05, 4.69) is 59.6 Å². The van der Waals surface area contributed by atoms with Crippen molar-refractivity contribution in [3.8, 4) is 17.1 Å². The van der Waals surface area contributed by atoms with E-state index in [4.69, 9.17) is 4.98 Å². The van der Waals surface area contributed by atoms with Gasteiger partial charge in [0.25, 0.3) is 0 Å². The largest absolute Gasteiger partial charge is 0.508 e. The van der Waals surface area contributed by atoms with Crippen LogP contribution in [0.4, 0.5) is 0 Å². The Labute approximate surface area is 160 Å². The third-order valence-corrected chi connectivity index (χ3v) is 5.47. The maximum atomic E-state index is 9.69. The fraction of sp³-hybridized carbons (Fsp3) is 0. The molecule has 1 heterocycles. The summed E-state index contributed by atoms with van der Waals surface area (Å²) < 4.78 is 0. The van der Waals surface area contributed by atoms with Gasteiger partial charge in [-0.25, -0.2) is 4.98 Å². The van der Waals surface area contributed by atoms with Crippen LogP contribution in [0.3, 0.4) is 0 Å². The molecule has 0 spiro atoms. The molecule has 0 unspecified atom stereocenters. The molecule has 0 amide bonds. The van der Waals surface area contributed by atoms with E-state index < -0.39 is 0 Å². The van der Waals surface area contributed by atoms with Crippen molar-refractivity contribution in [1.82, 2.24) is 9.97 Å². The molecule has 0 radical (unpaired) electrons. The van der Waals surface area contributed by atoms with Gasteiger partial charge in [-0.1, -0.05) is 66.7 Å². The van der Waals surface area contributed by atoms with Crippen molar-refractivity contribution in [3.05, 3.63) is 84.9 Å². The smallest absolute Gasteiger partial charge is 0.138 e. The number of fused-ring (bicyclic) bond motifs is 7. The number of phenolic OH excluding ortho intramolecular Hbond substituents is 1. The molecule has 1 aromatic heterocycles. The van der Waals surface area contributed by atoms with Gasteiger partial charge in [-0.2, -0.15) is 0 Å². The molecule has 0 aliphatic carbocycles. The Morgan fingerprint density at radius 2 is 1.29 bits per heavy atom. The summed E-state index contributed by atoms with van der Waals surface area (Å²) in [7, 11) is 0. The summed E-state index contributed by atoms with van der Waals surface area (Å²) in [6.45, 7) is 0. The van der Waals surface area contributed by atoms with E-state index in [-0.39, 0.29) is 5.75 Å². The first-order chi connectivity index (χ1) is 13.8. The maximum Gasteiger partial charge on any atom is 0.138 e. The van der Waals surface area contributed by atoms with E-state index in [0.717, 1.165) is 38.6 Å². The van der Waals surface area contributed by atoms with Crippen molar-refractivity contribution >= 4 is 43.4 Å². The normalized spacial score (nSPS) is 11.7. The average molecular weight is 360 g/mol. The van der Waals surface area contributed by atoms with Crippen molar-refractivity contribution in [2.45, 2.75) is 0 Å². The number of phenols is 1. The number of nitrogens with zero attached hydrogens (tertiary/aromatic N) is 1. The highest BCUT2D eigenvalue weighted by molar-refractivity contribution is 6.23. The number of hydrogen-bond acceptors (Lipinski definition) is 2. The fourth-order valence-corrected chi connectivity index (χ4v) is 4.14. The summed E-state index contributed by atoms with van der Waals surface area (Å²) in [5.74, 6) is 1.13. The molecule has 0 saturated carbocycles. The van der Waals surface area contributed by atoms with Gasteiger partial charge < -0.3 is 10.1 Å². The van der Waals surface area contributed by atoms with E-state index in [1.807, 2.05) is 18.2 Å². The summed E-state index contributed by atoms with van der Waals surface area (Å²) >= 11 is 0. The van der Waals surface area contributed by atoms with Gasteiger partial charge >= 0.3 is 0 Å². The zero-order valence-corrected chi connectivity index (χ0v) is 15.0. The number of imidazole rings is 1. The second-order valence-corrected chi connectivity index (χ2v) is 7.15. The molecule has 3 heteroatoms. The minimum absolute atomic E-state index is 0.280. The molecular formula is C25H16N2O. The van der Waals surface area contributed by atoms with Gasteiger partial charge in [-0.15, -0.1) is 0 Å². The molecule has 0 aliphatic heterocycles. The quantitative estimate of drug-likeness (QED) is 0.334. The number of benzene rings is 5. The summed E-state index contributed by atoms with van der Waals surface area (Å²) in [5, 5.41) is 16.6. The topological polar surface area (TPSA) is 48.9 Å². The Hall–Kier alpha value is -3.85. The molecular weight excluding hydrogens is 344 g/mol. The molecule has 0 saturated heterocycles. The fourth-order valence-electron chi connectivity index (χ4n) is 4.14. The number of rotatable bonds is 1. The van der Waals surface area contributed by atoms with E-state index in [1.54, 1.807) is 12.1 Å². The van der Waals surface area contributed by atoms with Gasteiger partial charge in [0.05, 0.1) is 11.0 Å².